The zero-order valence-electron chi connectivity index (χ0n) is 8.29. The fourth-order valence-corrected chi connectivity index (χ4v) is 3.09. The lowest BCUT2D eigenvalue weighted by Crippen LogP contribution is -2.12. The Morgan fingerprint density at radius 1 is 1.31 bits per heavy atom. The second kappa shape index (κ2) is 3.84. The van der Waals surface area contributed by atoms with Gasteiger partial charge in [-0.1, -0.05) is 23.5 Å². The van der Waals surface area contributed by atoms with Crippen LogP contribution in [0, 0.1) is 0 Å². The Bertz CT molecular complexity index is 647. The van der Waals surface area contributed by atoms with Crippen LogP contribution >= 0.6 is 22.7 Å². The number of rotatable bonds is 2. The summed E-state index contributed by atoms with van der Waals surface area (Å²) in [6.07, 6.45) is 1.80. The van der Waals surface area contributed by atoms with Crippen molar-refractivity contribution in [1.29, 1.82) is 0 Å². The largest absolute Gasteiger partial charge is 0.307 e. The van der Waals surface area contributed by atoms with Gasteiger partial charge in [0.05, 0.1) is 16.8 Å². The molecule has 0 amide bonds. The smallest absolute Gasteiger partial charge is 0.299 e. The minimum absolute atomic E-state index is 0.0688. The third-order valence-corrected chi connectivity index (χ3v) is 4.00. The molecule has 0 saturated heterocycles. The molecule has 0 atom stereocenters. The first-order valence-electron chi connectivity index (χ1n) is 4.81. The van der Waals surface area contributed by atoms with Gasteiger partial charge in [-0.2, -0.15) is 0 Å². The summed E-state index contributed by atoms with van der Waals surface area (Å²) < 4.78 is 2.85. The highest BCUT2D eigenvalue weighted by molar-refractivity contribution is 7.18. The quantitative estimate of drug-likeness (QED) is 0.698. The van der Waals surface area contributed by atoms with Crippen LogP contribution < -0.4 is 4.87 Å². The van der Waals surface area contributed by atoms with Crippen molar-refractivity contribution in [1.82, 2.24) is 9.55 Å². The zero-order chi connectivity index (χ0) is 11.0. The molecule has 0 aliphatic rings. The van der Waals surface area contributed by atoms with Crippen LogP contribution in [0.15, 0.2) is 40.6 Å². The topological polar surface area (TPSA) is 34.9 Å². The Kier molecular flexibility index (Phi) is 2.34. The summed E-state index contributed by atoms with van der Waals surface area (Å²) >= 11 is 2.85. The number of thiazole rings is 2. The van der Waals surface area contributed by atoms with E-state index in [0.29, 0.717) is 6.54 Å². The van der Waals surface area contributed by atoms with Gasteiger partial charge >= 0.3 is 4.87 Å². The first-order valence-corrected chi connectivity index (χ1v) is 6.51. The number of hydrogen-bond acceptors (Lipinski definition) is 4. The van der Waals surface area contributed by atoms with Crippen molar-refractivity contribution >= 4 is 32.9 Å². The van der Waals surface area contributed by atoms with Crippen LogP contribution in [0.3, 0.4) is 0 Å². The summed E-state index contributed by atoms with van der Waals surface area (Å²) in [5.41, 5.74) is 1.01. The Morgan fingerprint density at radius 2 is 2.19 bits per heavy atom. The number of benzene rings is 1. The molecular formula is C11H8N2OS2. The minimum Gasteiger partial charge on any atom is -0.299 e. The first-order chi connectivity index (χ1) is 7.83. The summed E-state index contributed by atoms with van der Waals surface area (Å²) in [7, 11) is 0. The zero-order valence-corrected chi connectivity index (χ0v) is 9.92. The van der Waals surface area contributed by atoms with Crippen LogP contribution in [-0.2, 0) is 6.54 Å². The van der Waals surface area contributed by atoms with Crippen molar-refractivity contribution in [2.24, 2.45) is 0 Å². The van der Waals surface area contributed by atoms with Crippen molar-refractivity contribution < 1.29 is 0 Å². The van der Waals surface area contributed by atoms with Gasteiger partial charge in [-0.3, -0.25) is 9.36 Å². The number of nitrogens with zero attached hydrogens (tertiary/aromatic N) is 2. The summed E-state index contributed by atoms with van der Waals surface area (Å²) in [4.78, 5) is 16.0. The van der Waals surface area contributed by atoms with Gasteiger partial charge < -0.3 is 0 Å². The second-order valence-electron chi connectivity index (χ2n) is 3.37. The third-order valence-electron chi connectivity index (χ3n) is 2.29. The third kappa shape index (κ3) is 1.68. The molecule has 3 nitrogen and oxygen atoms in total. The van der Waals surface area contributed by atoms with Gasteiger partial charge in [0.25, 0.3) is 0 Å². The predicted octanol–water partition coefficient (Wildman–Crippen LogP) is 2.57. The van der Waals surface area contributed by atoms with Crippen LogP contribution in [0.1, 0.15) is 5.01 Å². The van der Waals surface area contributed by atoms with Crippen LogP contribution in [0.5, 0.6) is 0 Å². The maximum atomic E-state index is 11.4. The number of hydrogen-bond donors (Lipinski definition) is 0. The highest BCUT2D eigenvalue weighted by Crippen LogP contribution is 2.21. The van der Waals surface area contributed by atoms with Gasteiger partial charge in [-0.25, -0.2) is 4.98 Å². The molecule has 0 fully saturated rings. The van der Waals surface area contributed by atoms with Gasteiger partial charge in [0.2, 0.25) is 0 Å². The van der Waals surface area contributed by atoms with E-state index in [1.54, 1.807) is 27.5 Å². The van der Waals surface area contributed by atoms with E-state index in [0.717, 1.165) is 10.5 Å². The number of para-hydroxylation sites is 1. The lowest BCUT2D eigenvalue weighted by molar-refractivity contribution is 0.779. The van der Waals surface area contributed by atoms with Gasteiger partial charge in [-0.05, 0) is 12.1 Å². The molecule has 0 bridgehead atoms. The lowest BCUT2D eigenvalue weighted by Gasteiger charge is -1.94. The van der Waals surface area contributed by atoms with Crippen molar-refractivity contribution in [3.8, 4) is 0 Å². The molecular weight excluding hydrogens is 240 g/mol. The van der Waals surface area contributed by atoms with E-state index >= 15 is 0 Å². The minimum atomic E-state index is 0.0688. The van der Waals surface area contributed by atoms with E-state index in [1.165, 1.54) is 16.0 Å². The molecule has 3 rings (SSSR count). The van der Waals surface area contributed by atoms with E-state index in [9.17, 15) is 4.79 Å². The number of aromatic nitrogens is 2. The highest BCUT2D eigenvalue weighted by Gasteiger charge is 2.04. The molecule has 2 aromatic heterocycles. The molecule has 16 heavy (non-hydrogen) atoms. The summed E-state index contributed by atoms with van der Waals surface area (Å²) in [6, 6.07) is 8.02. The van der Waals surface area contributed by atoms with E-state index in [4.69, 9.17) is 0 Å². The molecule has 3 aromatic rings. The Hall–Kier alpha value is -1.46. The van der Waals surface area contributed by atoms with Crippen molar-refractivity contribution in [3.63, 3.8) is 0 Å². The monoisotopic (exact) mass is 248 g/mol. The Morgan fingerprint density at radius 3 is 2.94 bits per heavy atom. The molecule has 2 heterocycles. The van der Waals surface area contributed by atoms with E-state index in [-0.39, 0.29) is 4.87 Å². The molecule has 0 saturated carbocycles. The number of fused-ring (bicyclic) bond motifs is 1. The SMILES string of the molecule is O=c1sccn1Cc1nc2ccccc2s1. The summed E-state index contributed by atoms with van der Waals surface area (Å²) in [6.45, 7) is 0.571. The molecule has 1 aromatic carbocycles. The average Bonchev–Trinajstić information content (AvgIpc) is 2.85. The Balaban J connectivity index is 2.01. The Labute approximate surface area is 99.6 Å². The molecule has 0 unspecified atom stereocenters. The van der Waals surface area contributed by atoms with Crippen molar-refractivity contribution in [3.05, 3.63) is 50.5 Å². The molecule has 0 spiro atoms. The lowest BCUT2D eigenvalue weighted by atomic mass is 10.3. The molecule has 0 aliphatic carbocycles. The van der Waals surface area contributed by atoms with E-state index in [1.807, 2.05) is 24.3 Å². The molecule has 5 heteroatoms. The predicted molar refractivity (Wildman–Crippen MR) is 67.3 cm³/mol. The van der Waals surface area contributed by atoms with Crippen molar-refractivity contribution in [2.45, 2.75) is 6.54 Å². The fraction of sp³-hybridized carbons (Fsp3) is 0.0909. The second-order valence-corrected chi connectivity index (χ2v) is 5.34. The molecule has 0 radical (unpaired) electrons. The van der Waals surface area contributed by atoms with E-state index < -0.39 is 0 Å². The summed E-state index contributed by atoms with van der Waals surface area (Å²) in [5, 5.41) is 2.78. The molecule has 0 aliphatic heterocycles. The normalized spacial score (nSPS) is 11.0. The van der Waals surface area contributed by atoms with Gasteiger partial charge in [0.15, 0.2) is 0 Å². The van der Waals surface area contributed by atoms with Crippen molar-refractivity contribution in [2.75, 3.05) is 0 Å². The maximum absolute atomic E-state index is 11.4. The van der Waals surface area contributed by atoms with Gasteiger partial charge in [0, 0.05) is 11.6 Å². The standard InChI is InChI=1S/C11H8N2OS2/c14-11-13(5-6-15-11)7-10-12-8-3-1-2-4-9(8)16-10/h1-6H,7H2. The first kappa shape index (κ1) is 9.74. The molecule has 0 N–H and O–H groups in total. The fourth-order valence-electron chi connectivity index (χ4n) is 1.54. The summed E-state index contributed by atoms with van der Waals surface area (Å²) in [5.74, 6) is 0. The maximum Gasteiger partial charge on any atom is 0.307 e. The van der Waals surface area contributed by atoms with Crippen LogP contribution in [-0.4, -0.2) is 9.55 Å². The van der Waals surface area contributed by atoms with Crippen LogP contribution in [0.4, 0.5) is 0 Å². The van der Waals surface area contributed by atoms with Crippen LogP contribution in [0.2, 0.25) is 0 Å². The average molecular weight is 248 g/mol. The molecule has 80 valence electrons. The van der Waals surface area contributed by atoms with Gasteiger partial charge in [-0.15, -0.1) is 11.3 Å². The van der Waals surface area contributed by atoms with E-state index in [2.05, 4.69) is 4.98 Å². The highest BCUT2D eigenvalue weighted by atomic mass is 32.1. The van der Waals surface area contributed by atoms with Gasteiger partial charge in [0.1, 0.15) is 5.01 Å². The van der Waals surface area contributed by atoms with Crippen LogP contribution in [0.25, 0.3) is 10.2 Å².